The first-order valence-electron chi connectivity index (χ1n) is 5.86. The van der Waals surface area contributed by atoms with E-state index >= 15 is 0 Å². The molecule has 13 heavy (non-hydrogen) atoms. The van der Waals surface area contributed by atoms with E-state index in [1.807, 2.05) is 0 Å². The minimum Gasteiger partial charge on any atom is -0.311 e. The first-order chi connectivity index (χ1) is 6.10. The fourth-order valence-corrected chi connectivity index (χ4v) is 2.98. The average molecular weight is 181 g/mol. The SMILES string of the molecule is CC(C)C1(C)CCC2CCC(C1)N2. The van der Waals surface area contributed by atoms with Crippen molar-refractivity contribution in [2.75, 3.05) is 0 Å². The minimum atomic E-state index is 0.604. The molecule has 0 radical (unpaired) electrons. The van der Waals surface area contributed by atoms with Gasteiger partial charge in [0, 0.05) is 12.1 Å². The van der Waals surface area contributed by atoms with Gasteiger partial charge in [-0.3, -0.25) is 0 Å². The Bertz CT molecular complexity index is 188. The highest BCUT2D eigenvalue weighted by molar-refractivity contribution is 4.94. The van der Waals surface area contributed by atoms with E-state index in [2.05, 4.69) is 26.1 Å². The third kappa shape index (κ3) is 1.76. The van der Waals surface area contributed by atoms with Gasteiger partial charge in [-0.1, -0.05) is 20.8 Å². The van der Waals surface area contributed by atoms with Crippen molar-refractivity contribution in [3.63, 3.8) is 0 Å². The van der Waals surface area contributed by atoms with E-state index in [0.29, 0.717) is 5.41 Å². The molecule has 0 saturated carbocycles. The highest BCUT2D eigenvalue weighted by Crippen LogP contribution is 2.42. The van der Waals surface area contributed by atoms with Crippen LogP contribution in [-0.4, -0.2) is 12.1 Å². The lowest BCUT2D eigenvalue weighted by atomic mass is 9.70. The van der Waals surface area contributed by atoms with Gasteiger partial charge in [0.25, 0.3) is 0 Å². The molecule has 2 bridgehead atoms. The molecule has 0 spiro atoms. The van der Waals surface area contributed by atoms with Gasteiger partial charge in [0.15, 0.2) is 0 Å². The van der Waals surface area contributed by atoms with Crippen LogP contribution < -0.4 is 5.32 Å². The van der Waals surface area contributed by atoms with E-state index in [9.17, 15) is 0 Å². The number of rotatable bonds is 1. The van der Waals surface area contributed by atoms with Crippen molar-refractivity contribution in [3.05, 3.63) is 0 Å². The standard InChI is InChI=1S/C12H23N/c1-9(2)12(3)7-6-10-4-5-11(8-12)13-10/h9-11,13H,4-8H2,1-3H3. The van der Waals surface area contributed by atoms with Crippen LogP contribution in [-0.2, 0) is 0 Å². The summed E-state index contributed by atoms with van der Waals surface area (Å²) >= 11 is 0. The van der Waals surface area contributed by atoms with E-state index in [-0.39, 0.29) is 0 Å². The Morgan fingerprint density at radius 1 is 1.15 bits per heavy atom. The Hall–Kier alpha value is -0.0400. The second-order valence-corrected chi connectivity index (χ2v) is 5.69. The fourth-order valence-electron chi connectivity index (χ4n) is 2.98. The summed E-state index contributed by atoms with van der Waals surface area (Å²) in [5, 5.41) is 3.76. The van der Waals surface area contributed by atoms with Gasteiger partial charge in [-0.2, -0.15) is 0 Å². The van der Waals surface area contributed by atoms with Crippen LogP contribution >= 0.6 is 0 Å². The van der Waals surface area contributed by atoms with Crippen LogP contribution in [0.3, 0.4) is 0 Å². The van der Waals surface area contributed by atoms with Gasteiger partial charge in [0.1, 0.15) is 0 Å². The second-order valence-electron chi connectivity index (χ2n) is 5.69. The molecule has 1 N–H and O–H groups in total. The summed E-state index contributed by atoms with van der Waals surface area (Å²) in [4.78, 5) is 0. The van der Waals surface area contributed by atoms with Crippen LogP contribution in [0.15, 0.2) is 0 Å². The van der Waals surface area contributed by atoms with Gasteiger partial charge >= 0.3 is 0 Å². The predicted molar refractivity (Wildman–Crippen MR) is 56.7 cm³/mol. The number of hydrogen-bond donors (Lipinski definition) is 1. The Balaban J connectivity index is 2.08. The lowest BCUT2D eigenvalue weighted by Gasteiger charge is -2.35. The zero-order valence-corrected chi connectivity index (χ0v) is 9.27. The number of fused-ring (bicyclic) bond motifs is 2. The molecule has 1 heteroatoms. The first-order valence-corrected chi connectivity index (χ1v) is 5.86. The van der Waals surface area contributed by atoms with E-state index in [1.165, 1.54) is 32.1 Å². The molecule has 76 valence electrons. The van der Waals surface area contributed by atoms with Gasteiger partial charge in [-0.15, -0.1) is 0 Å². The van der Waals surface area contributed by atoms with E-state index in [1.54, 1.807) is 0 Å². The van der Waals surface area contributed by atoms with Crippen LogP contribution in [0.25, 0.3) is 0 Å². The summed E-state index contributed by atoms with van der Waals surface area (Å²) in [6.07, 6.45) is 7.09. The Morgan fingerprint density at radius 3 is 2.54 bits per heavy atom. The van der Waals surface area contributed by atoms with Gasteiger partial charge < -0.3 is 5.32 Å². The molecular weight excluding hydrogens is 158 g/mol. The summed E-state index contributed by atoms with van der Waals surface area (Å²) in [6, 6.07) is 1.69. The third-order valence-electron chi connectivity index (χ3n) is 4.51. The zero-order valence-electron chi connectivity index (χ0n) is 9.27. The second kappa shape index (κ2) is 3.27. The zero-order chi connectivity index (χ0) is 9.47. The molecule has 0 amide bonds. The maximum Gasteiger partial charge on any atom is 0.00755 e. The van der Waals surface area contributed by atoms with E-state index < -0.39 is 0 Å². The smallest absolute Gasteiger partial charge is 0.00755 e. The highest BCUT2D eigenvalue weighted by Gasteiger charge is 2.38. The molecule has 2 aliphatic heterocycles. The molecule has 3 atom stereocenters. The van der Waals surface area contributed by atoms with Gasteiger partial charge in [0.05, 0.1) is 0 Å². The van der Waals surface area contributed by atoms with Crippen molar-refractivity contribution >= 4 is 0 Å². The number of hydrogen-bond acceptors (Lipinski definition) is 1. The van der Waals surface area contributed by atoms with Crippen molar-refractivity contribution in [3.8, 4) is 0 Å². The third-order valence-corrected chi connectivity index (χ3v) is 4.51. The minimum absolute atomic E-state index is 0.604. The van der Waals surface area contributed by atoms with Crippen molar-refractivity contribution < 1.29 is 0 Å². The maximum absolute atomic E-state index is 3.76. The Labute approximate surface area is 82.3 Å². The van der Waals surface area contributed by atoms with Crippen LogP contribution in [0.1, 0.15) is 52.9 Å². The molecule has 0 aliphatic carbocycles. The van der Waals surface area contributed by atoms with Crippen molar-refractivity contribution in [1.29, 1.82) is 0 Å². The average Bonchev–Trinajstić information content (AvgIpc) is 2.39. The topological polar surface area (TPSA) is 12.0 Å². The molecule has 2 rings (SSSR count). The summed E-state index contributed by atoms with van der Waals surface area (Å²) in [6.45, 7) is 7.26. The molecule has 2 heterocycles. The Kier molecular flexibility index (Phi) is 2.39. The molecule has 2 fully saturated rings. The van der Waals surface area contributed by atoms with Crippen molar-refractivity contribution in [1.82, 2.24) is 5.32 Å². The molecule has 2 aliphatic rings. The van der Waals surface area contributed by atoms with E-state index in [4.69, 9.17) is 0 Å². The predicted octanol–water partition coefficient (Wildman–Crippen LogP) is 2.95. The summed E-state index contributed by atoms with van der Waals surface area (Å²) < 4.78 is 0. The normalized spacial score (nSPS) is 45.2. The van der Waals surface area contributed by atoms with Gasteiger partial charge in [-0.05, 0) is 43.4 Å². The lowest BCUT2D eigenvalue weighted by Crippen LogP contribution is -2.31. The monoisotopic (exact) mass is 181 g/mol. The van der Waals surface area contributed by atoms with Gasteiger partial charge in [0.2, 0.25) is 0 Å². The number of nitrogens with one attached hydrogen (secondary N) is 1. The molecule has 1 nitrogen and oxygen atoms in total. The molecule has 2 saturated heterocycles. The van der Waals surface area contributed by atoms with Crippen LogP contribution in [0.2, 0.25) is 0 Å². The summed E-state index contributed by atoms with van der Waals surface area (Å²) in [7, 11) is 0. The summed E-state index contributed by atoms with van der Waals surface area (Å²) in [5.41, 5.74) is 0.604. The van der Waals surface area contributed by atoms with Crippen molar-refractivity contribution in [2.45, 2.75) is 65.0 Å². The summed E-state index contributed by atoms with van der Waals surface area (Å²) in [5.74, 6) is 0.841. The lowest BCUT2D eigenvalue weighted by molar-refractivity contribution is 0.167. The molecular formula is C12H23N. The largest absolute Gasteiger partial charge is 0.311 e. The molecule has 0 aromatic carbocycles. The van der Waals surface area contributed by atoms with E-state index in [0.717, 1.165) is 18.0 Å². The quantitative estimate of drug-likeness (QED) is 0.656. The molecule has 3 unspecified atom stereocenters. The van der Waals surface area contributed by atoms with Crippen molar-refractivity contribution in [2.24, 2.45) is 11.3 Å². The highest BCUT2D eigenvalue weighted by atomic mass is 15.0. The van der Waals surface area contributed by atoms with Crippen LogP contribution in [0.4, 0.5) is 0 Å². The van der Waals surface area contributed by atoms with Gasteiger partial charge in [-0.25, -0.2) is 0 Å². The molecule has 0 aromatic heterocycles. The van der Waals surface area contributed by atoms with Crippen LogP contribution in [0, 0.1) is 11.3 Å². The van der Waals surface area contributed by atoms with Crippen LogP contribution in [0.5, 0.6) is 0 Å². The Morgan fingerprint density at radius 2 is 1.85 bits per heavy atom. The maximum atomic E-state index is 3.76. The molecule has 0 aromatic rings. The first kappa shape index (κ1) is 9.51. The fraction of sp³-hybridized carbons (Fsp3) is 1.00.